The minimum atomic E-state index is 0.0776. The van der Waals surface area contributed by atoms with E-state index < -0.39 is 0 Å². The molecule has 2 aromatic rings. The van der Waals surface area contributed by atoms with E-state index in [4.69, 9.17) is 0 Å². The fourth-order valence-corrected chi connectivity index (χ4v) is 3.44. The summed E-state index contributed by atoms with van der Waals surface area (Å²) in [7, 11) is 3.94. The van der Waals surface area contributed by atoms with Crippen molar-refractivity contribution in [3.63, 3.8) is 0 Å². The number of rotatable bonds is 3. The molecule has 0 radical (unpaired) electrons. The quantitative estimate of drug-likeness (QED) is 0.841. The van der Waals surface area contributed by atoms with E-state index in [0.29, 0.717) is 13.1 Å². The standard InChI is InChI=1S/C16H22N6OS/c1-11-9-13(20(3)4)19-16(18-11)22-7-5-21(6-8-22)15(23)14-12(2)17-10-24-14/h9-10H,5-8H2,1-4H3. The topological polar surface area (TPSA) is 65.5 Å². The Kier molecular flexibility index (Phi) is 4.66. The third-order valence-corrected chi connectivity index (χ3v) is 4.99. The maximum atomic E-state index is 12.6. The Morgan fingerprint density at radius 1 is 1.17 bits per heavy atom. The molecule has 0 N–H and O–H groups in total. The Bertz CT molecular complexity index is 736. The summed E-state index contributed by atoms with van der Waals surface area (Å²) < 4.78 is 0. The molecular formula is C16H22N6OS. The van der Waals surface area contributed by atoms with Crippen molar-refractivity contribution in [2.24, 2.45) is 0 Å². The first-order valence-corrected chi connectivity index (χ1v) is 8.81. The van der Waals surface area contributed by atoms with Crippen LogP contribution in [0.1, 0.15) is 21.1 Å². The van der Waals surface area contributed by atoms with Crippen molar-refractivity contribution >= 4 is 29.0 Å². The van der Waals surface area contributed by atoms with Crippen LogP contribution in [0, 0.1) is 13.8 Å². The van der Waals surface area contributed by atoms with Gasteiger partial charge in [-0.15, -0.1) is 11.3 Å². The number of aromatic nitrogens is 3. The van der Waals surface area contributed by atoms with Gasteiger partial charge in [0.15, 0.2) is 0 Å². The van der Waals surface area contributed by atoms with Gasteiger partial charge in [0.2, 0.25) is 5.95 Å². The van der Waals surface area contributed by atoms with E-state index in [0.717, 1.165) is 41.1 Å². The van der Waals surface area contributed by atoms with Crippen LogP contribution in [0.25, 0.3) is 0 Å². The van der Waals surface area contributed by atoms with Crippen LogP contribution in [0.4, 0.5) is 11.8 Å². The third kappa shape index (κ3) is 3.33. The van der Waals surface area contributed by atoms with Crippen LogP contribution >= 0.6 is 11.3 Å². The van der Waals surface area contributed by atoms with E-state index in [1.807, 2.05) is 43.8 Å². The Morgan fingerprint density at radius 3 is 2.46 bits per heavy atom. The Labute approximate surface area is 146 Å². The SMILES string of the molecule is Cc1cc(N(C)C)nc(N2CCN(C(=O)c3scnc3C)CC2)n1. The number of aryl methyl sites for hydroxylation is 2. The lowest BCUT2D eigenvalue weighted by Gasteiger charge is -2.35. The highest BCUT2D eigenvalue weighted by Crippen LogP contribution is 2.20. The number of piperazine rings is 1. The van der Waals surface area contributed by atoms with E-state index in [2.05, 4.69) is 19.9 Å². The molecule has 0 aromatic carbocycles. The van der Waals surface area contributed by atoms with Gasteiger partial charge in [-0.1, -0.05) is 0 Å². The highest BCUT2D eigenvalue weighted by molar-refractivity contribution is 7.11. The maximum absolute atomic E-state index is 12.6. The number of hydrogen-bond acceptors (Lipinski definition) is 7. The first-order valence-electron chi connectivity index (χ1n) is 7.93. The number of nitrogens with zero attached hydrogens (tertiary/aromatic N) is 6. The van der Waals surface area contributed by atoms with Crippen molar-refractivity contribution in [2.45, 2.75) is 13.8 Å². The predicted octanol–water partition coefficient (Wildman–Crippen LogP) is 1.58. The summed E-state index contributed by atoms with van der Waals surface area (Å²) >= 11 is 1.41. The molecule has 0 unspecified atom stereocenters. The number of carbonyl (C=O) groups is 1. The highest BCUT2D eigenvalue weighted by atomic mass is 32.1. The fraction of sp³-hybridized carbons (Fsp3) is 0.500. The average molecular weight is 346 g/mol. The van der Waals surface area contributed by atoms with Crippen LogP contribution in [-0.4, -0.2) is 66.0 Å². The lowest BCUT2D eigenvalue weighted by molar-refractivity contribution is 0.0750. The van der Waals surface area contributed by atoms with Gasteiger partial charge in [0, 0.05) is 52.0 Å². The zero-order valence-electron chi connectivity index (χ0n) is 14.5. The van der Waals surface area contributed by atoms with Crippen LogP contribution in [0.2, 0.25) is 0 Å². The van der Waals surface area contributed by atoms with Gasteiger partial charge in [0.05, 0.1) is 11.2 Å². The molecule has 7 nitrogen and oxygen atoms in total. The van der Waals surface area contributed by atoms with Gasteiger partial charge < -0.3 is 14.7 Å². The average Bonchev–Trinajstić information content (AvgIpc) is 2.99. The van der Waals surface area contributed by atoms with E-state index in [1.165, 1.54) is 11.3 Å². The normalized spacial score (nSPS) is 14.8. The van der Waals surface area contributed by atoms with E-state index in [-0.39, 0.29) is 5.91 Å². The maximum Gasteiger partial charge on any atom is 0.265 e. The molecule has 3 heterocycles. The van der Waals surface area contributed by atoms with Crippen molar-refractivity contribution in [3.8, 4) is 0 Å². The highest BCUT2D eigenvalue weighted by Gasteiger charge is 2.25. The summed E-state index contributed by atoms with van der Waals surface area (Å²) in [5.74, 6) is 1.71. The largest absolute Gasteiger partial charge is 0.363 e. The van der Waals surface area contributed by atoms with Gasteiger partial charge in [0.1, 0.15) is 10.7 Å². The summed E-state index contributed by atoms with van der Waals surface area (Å²) in [4.78, 5) is 32.6. The van der Waals surface area contributed by atoms with Crippen molar-refractivity contribution in [1.82, 2.24) is 19.9 Å². The molecule has 1 amide bonds. The molecule has 8 heteroatoms. The summed E-state index contributed by atoms with van der Waals surface area (Å²) in [5, 5.41) is 0. The molecule has 0 saturated carbocycles. The number of carbonyl (C=O) groups excluding carboxylic acids is 1. The molecule has 24 heavy (non-hydrogen) atoms. The van der Waals surface area contributed by atoms with Crippen LogP contribution in [-0.2, 0) is 0 Å². The summed E-state index contributed by atoms with van der Waals surface area (Å²) in [5.41, 5.74) is 3.48. The minimum absolute atomic E-state index is 0.0776. The van der Waals surface area contributed by atoms with Crippen molar-refractivity contribution < 1.29 is 4.79 Å². The monoisotopic (exact) mass is 346 g/mol. The number of hydrogen-bond donors (Lipinski definition) is 0. The Hall–Kier alpha value is -2.22. The summed E-state index contributed by atoms with van der Waals surface area (Å²) in [6.07, 6.45) is 0. The number of amides is 1. The van der Waals surface area contributed by atoms with Gasteiger partial charge in [-0.05, 0) is 13.8 Å². The third-order valence-electron chi connectivity index (χ3n) is 4.08. The van der Waals surface area contributed by atoms with Crippen LogP contribution in [0.3, 0.4) is 0 Å². The van der Waals surface area contributed by atoms with Gasteiger partial charge in [-0.25, -0.2) is 9.97 Å². The predicted molar refractivity (Wildman–Crippen MR) is 96.1 cm³/mol. The molecule has 1 fully saturated rings. The van der Waals surface area contributed by atoms with E-state index >= 15 is 0 Å². The Morgan fingerprint density at radius 2 is 1.88 bits per heavy atom. The fourth-order valence-electron chi connectivity index (χ4n) is 2.67. The lowest BCUT2D eigenvalue weighted by atomic mass is 10.3. The Balaban J connectivity index is 1.69. The van der Waals surface area contributed by atoms with Gasteiger partial charge in [0.25, 0.3) is 5.91 Å². The van der Waals surface area contributed by atoms with Crippen LogP contribution in [0.15, 0.2) is 11.6 Å². The molecule has 128 valence electrons. The van der Waals surface area contributed by atoms with Crippen LogP contribution < -0.4 is 9.80 Å². The smallest absolute Gasteiger partial charge is 0.265 e. The summed E-state index contributed by atoms with van der Waals surface area (Å²) in [6.45, 7) is 6.67. The molecule has 2 aromatic heterocycles. The van der Waals surface area contributed by atoms with Gasteiger partial charge in [-0.3, -0.25) is 4.79 Å². The first-order chi connectivity index (χ1) is 11.5. The molecule has 1 aliphatic rings. The molecule has 0 bridgehead atoms. The molecule has 1 aliphatic heterocycles. The molecule has 1 saturated heterocycles. The molecule has 0 spiro atoms. The summed E-state index contributed by atoms with van der Waals surface area (Å²) in [6, 6.07) is 1.97. The second-order valence-electron chi connectivity index (χ2n) is 6.11. The van der Waals surface area contributed by atoms with Crippen molar-refractivity contribution in [1.29, 1.82) is 0 Å². The molecule has 0 atom stereocenters. The molecule has 0 aliphatic carbocycles. The van der Waals surface area contributed by atoms with E-state index in [9.17, 15) is 4.79 Å². The van der Waals surface area contributed by atoms with Crippen molar-refractivity contribution in [3.05, 3.63) is 27.8 Å². The second-order valence-corrected chi connectivity index (χ2v) is 6.96. The van der Waals surface area contributed by atoms with Crippen molar-refractivity contribution in [2.75, 3.05) is 50.1 Å². The van der Waals surface area contributed by atoms with Crippen LogP contribution in [0.5, 0.6) is 0 Å². The number of thiazole rings is 1. The van der Waals surface area contributed by atoms with E-state index in [1.54, 1.807) is 5.51 Å². The minimum Gasteiger partial charge on any atom is -0.363 e. The van der Waals surface area contributed by atoms with Gasteiger partial charge >= 0.3 is 0 Å². The molecular weight excluding hydrogens is 324 g/mol. The zero-order valence-corrected chi connectivity index (χ0v) is 15.3. The van der Waals surface area contributed by atoms with Gasteiger partial charge in [-0.2, -0.15) is 4.98 Å². The zero-order chi connectivity index (χ0) is 17.3. The second kappa shape index (κ2) is 6.72. The number of anilines is 2. The molecule has 3 rings (SSSR count). The first kappa shape index (κ1) is 16.6. The lowest BCUT2D eigenvalue weighted by Crippen LogP contribution is -2.49.